The van der Waals surface area contributed by atoms with Crippen molar-refractivity contribution in [3.8, 4) is 0 Å². The maximum Gasteiger partial charge on any atom is 0.127 e. The first kappa shape index (κ1) is 15.2. The molecule has 0 aliphatic heterocycles. The van der Waals surface area contributed by atoms with Gasteiger partial charge in [-0.05, 0) is 43.0 Å². The Hall–Kier alpha value is -0.190. The quantitative estimate of drug-likeness (QED) is 0.690. The molecule has 2 nitrogen and oxygen atoms in total. The maximum atomic E-state index is 6.28. The Labute approximate surface area is 132 Å². The van der Waals surface area contributed by atoms with Crippen molar-refractivity contribution in [1.29, 1.82) is 0 Å². The lowest BCUT2D eigenvalue weighted by Crippen LogP contribution is -2.13. The van der Waals surface area contributed by atoms with Gasteiger partial charge in [-0.1, -0.05) is 22.9 Å². The second kappa shape index (κ2) is 6.51. The van der Waals surface area contributed by atoms with E-state index in [2.05, 4.69) is 50.8 Å². The van der Waals surface area contributed by atoms with Gasteiger partial charge >= 0.3 is 0 Å². The maximum absolute atomic E-state index is 6.28. The number of halogens is 2. The summed E-state index contributed by atoms with van der Waals surface area (Å²) in [6.07, 6.45) is 2.14. The molecular weight excluding hydrogens is 344 g/mol. The minimum atomic E-state index is -0.0762. The number of benzene rings is 1. The average Bonchev–Trinajstić information content (AvgIpc) is 2.67. The van der Waals surface area contributed by atoms with Crippen LogP contribution in [0.2, 0.25) is 0 Å². The molecule has 0 amide bonds. The highest BCUT2D eigenvalue weighted by molar-refractivity contribution is 9.10. The third-order valence-electron chi connectivity index (χ3n) is 3.04. The van der Waals surface area contributed by atoms with Crippen LogP contribution in [0.1, 0.15) is 25.0 Å². The molecule has 0 N–H and O–H groups in total. The molecule has 0 aliphatic rings. The molecule has 0 bridgehead atoms. The predicted molar refractivity (Wildman–Crippen MR) is 89.2 cm³/mol. The van der Waals surface area contributed by atoms with Crippen LogP contribution in [0, 0.1) is 5.92 Å². The molecular formula is C14H18BrClN2S. The molecule has 2 aromatic rings. The summed E-state index contributed by atoms with van der Waals surface area (Å²) in [5.74, 6) is 2.71. The molecule has 19 heavy (non-hydrogen) atoms. The molecule has 2 atom stereocenters. The number of hydrogen-bond donors (Lipinski definition) is 0. The SMILES string of the molecule is CSCC(C)Cn1c(C(C)Cl)nc2cc(Br)ccc21. The van der Waals surface area contributed by atoms with Gasteiger partial charge in [0.05, 0.1) is 16.4 Å². The van der Waals surface area contributed by atoms with E-state index in [9.17, 15) is 0 Å². The summed E-state index contributed by atoms with van der Waals surface area (Å²) in [7, 11) is 0. The molecule has 1 aromatic carbocycles. The van der Waals surface area contributed by atoms with Crippen LogP contribution in [-0.2, 0) is 6.54 Å². The van der Waals surface area contributed by atoms with Crippen molar-refractivity contribution < 1.29 is 0 Å². The van der Waals surface area contributed by atoms with Gasteiger partial charge < -0.3 is 4.57 Å². The van der Waals surface area contributed by atoms with Crippen molar-refractivity contribution in [3.05, 3.63) is 28.5 Å². The molecule has 2 unspecified atom stereocenters. The van der Waals surface area contributed by atoms with E-state index in [-0.39, 0.29) is 5.38 Å². The van der Waals surface area contributed by atoms with Crippen LogP contribution in [0.3, 0.4) is 0 Å². The molecule has 0 saturated carbocycles. The lowest BCUT2D eigenvalue weighted by molar-refractivity contribution is 0.524. The number of aromatic nitrogens is 2. The highest BCUT2D eigenvalue weighted by Crippen LogP contribution is 2.27. The smallest absolute Gasteiger partial charge is 0.127 e. The number of imidazole rings is 1. The Balaban J connectivity index is 2.46. The Bertz CT molecular complexity index is 568. The van der Waals surface area contributed by atoms with Gasteiger partial charge in [0.1, 0.15) is 5.82 Å². The minimum Gasteiger partial charge on any atom is -0.326 e. The fraction of sp³-hybridized carbons (Fsp3) is 0.500. The van der Waals surface area contributed by atoms with Crippen molar-refractivity contribution in [2.24, 2.45) is 5.92 Å². The molecule has 1 heterocycles. The molecule has 104 valence electrons. The van der Waals surface area contributed by atoms with E-state index in [1.54, 1.807) is 0 Å². The summed E-state index contributed by atoms with van der Waals surface area (Å²) in [5.41, 5.74) is 2.17. The number of alkyl halides is 1. The fourth-order valence-electron chi connectivity index (χ4n) is 2.27. The van der Waals surface area contributed by atoms with E-state index >= 15 is 0 Å². The van der Waals surface area contributed by atoms with Crippen molar-refractivity contribution in [2.45, 2.75) is 25.8 Å². The number of rotatable bonds is 5. The second-order valence-electron chi connectivity index (χ2n) is 4.89. The number of fused-ring (bicyclic) bond motifs is 1. The molecule has 0 spiro atoms. The van der Waals surface area contributed by atoms with Crippen molar-refractivity contribution in [3.63, 3.8) is 0 Å². The Morgan fingerprint density at radius 1 is 1.42 bits per heavy atom. The standard InChI is InChI=1S/C14H18BrClN2S/c1-9(8-19-3)7-18-13-5-4-11(15)6-12(13)17-14(18)10(2)16/h4-6,9-10H,7-8H2,1-3H3. The van der Waals surface area contributed by atoms with Crippen LogP contribution >= 0.6 is 39.3 Å². The fourth-order valence-corrected chi connectivity index (χ4v) is 3.46. The predicted octanol–water partition coefficient (Wildman–Crippen LogP) is 5.10. The van der Waals surface area contributed by atoms with Gasteiger partial charge in [0, 0.05) is 11.0 Å². The zero-order chi connectivity index (χ0) is 14.0. The Morgan fingerprint density at radius 3 is 2.79 bits per heavy atom. The van der Waals surface area contributed by atoms with Crippen molar-refractivity contribution in [2.75, 3.05) is 12.0 Å². The lowest BCUT2D eigenvalue weighted by atomic mass is 10.2. The van der Waals surface area contributed by atoms with E-state index in [4.69, 9.17) is 11.6 Å². The summed E-state index contributed by atoms with van der Waals surface area (Å²) in [6, 6.07) is 6.22. The summed E-state index contributed by atoms with van der Waals surface area (Å²) >= 11 is 11.7. The average molecular weight is 362 g/mol. The normalized spacial score (nSPS) is 14.8. The topological polar surface area (TPSA) is 17.8 Å². The van der Waals surface area contributed by atoms with E-state index < -0.39 is 0 Å². The van der Waals surface area contributed by atoms with E-state index in [0.29, 0.717) is 5.92 Å². The lowest BCUT2D eigenvalue weighted by Gasteiger charge is -2.15. The second-order valence-corrected chi connectivity index (χ2v) is 7.37. The van der Waals surface area contributed by atoms with E-state index in [0.717, 1.165) is 28.1 Å². The zero-order valence-corrected chi connectivity index (χ0v) is 14.5. The monoisotopic (exact) mass is 360 g/mol. The third kappa shape index (κ3) is 3.47. The van der Waals surface area contributed by atoms with Crippen LogP contribution in [-0.4, -0.2) is 21.6 Å². The van der Waals surface area contributed by atoms with Gasteiger partial charge in [-0.3, -0.25) is 0 Å². The zero-order valence-electron chi connectivity index (χ0n) is 11.4. The summed E-state index contributed by atoms with van der Waals surface area (Å²) in [5, 5.41) is -0.0762. The van der Waals surface area contributed by atoms with E-state index in [1.807, 2.05) is 24.8 Å². The first-order valence-corrected chi connectivity index (χ1v) is 8.94. The first-order valence-electron chi connectivity index (χ1n) is 6.31. The van der Waals surface area contributed by atoms with Crippen LogP contribution < -0.4 is 0 Å². The highest BCUT2D eigenvalue weighted by atomic mass is 79.9. The van der Waals surface area contributed by atoms with Crippen molar-refractivity contribution >= 4 is 50.3 Å². The van der Waals surface area contributed by atoms with Gasteiger partial charge in [0.25, 0.3) is 0 Å². The minimum absolute atomic E-state index is 0.0762. The summed E-state index contributed by atoms with van der Waals surface area (Å²) in [6.45, 7) is 5.21. The molecule has 0 saturated heterocycles. The molecule has 0 radical (unpaired) electrons. The van der Waals surface area contributed by atoms with E-state index in [1.165, 1.54) is 5.52 Å². The van der Waals surface area contributed by atoms with Gasteiger partial charge in [-0.25, -0.2) is 4.98 Å². The number of hydrogen-bond acceptors (Lipinski definition) is 2. The van der Waals surface area contributed by atoms with Crippen LogP contribution in [0.4, 0.5) is 0 Å². The van der Waals surface area contributed by atoms with Gasteiger partial charge in [-0.2, -0.15) is 11.8 Å². The number of thioether (sulfide) groups is 1. The van der Waals surface area contributed by atoms with Crippen LogP contribution in [0.15, 0.2) is 22.7 Å². The summed E-state index contributed by atoms with van der Waals surface area (Å²) in [4.78, 5) is 4.68. The van der Waals surface area contributed by atoms with Crippen LogP contribution in [0.25, 0.3) is 11.0 Å². The van der Waals surface area contributed by atoms with Gasteiger partial charge in [0.15, 0.2) is 0 Å². The molecule has 5 heteroatoms. The Kier molecular flexibility index (Phi) is 5.21. The largest absolute Gasteiger partial charge is 0.326 e. The third-order valence-corrected chi connectivity index (χ3v) is 4.63. The Morgan fingerprint density at radius 2 is 2.16 bits per heavy atom. The molecule has 0 aliphatic carbocycles. The highest BCUT2D eigenvalue weighted by Gasteiger charge is 2.16. The molecule has 1 aromatic heterocycles. The summed E-state index contributed by atoms with van der Waals surface area (Å²) < 4.78 is 3.32. The molecule has 2 rings (SSSR count). The number of nitrogens with zero attached hydrogens (tertiary/aromatic N) is 2. The van der Waals surface area contributed by atoms with Gasteiger partial charge in [-0.15, -0.1) is 11.6 Å². The van der Waals surface area contributed by atoms with Crippen LogP contribution in [0.5, 0.6) is 0 Å². The van der Waals surface area contributed by atoms with Crippen molar-refractivity contribution in [1.82, 2.24) is 9.55 Å². The van der Waals surface area contributed by atoms with Gasteiger partial charge in [0.2, 0.25) is 0 Å². The molecule has 0 fully saturated rings. The first-order chi connectivity index (χ1) is 9.02.